The third-order valence-electron chi connectivity index (χ3n) is 5.00. The molecule has 1 aliphatic heterocycles. The highest BCUT2D eigenvalue weighted by molar-refractivity contribution is 7.89. The van der Waals surface area contributed by atoms with Crippen LogP contribution in [0.4, 0.5) is 0 Å². The summed E-state index contributed by atoms with van der Waals surface area (Å²) in [6.45, 7) is 5.48. The van der Waals surface area contributed by atoms with Gasteiger partial charge in [-0.25, -0.2) is 8.42 Å². The lowest BCUT2D eigenvalue weighted by Gasteiger charge is -2.34. The van der Waals surface area contributed by atoms with Gasteiger partial charge >= 0.3 is 0 Å². The van der Waals surface area contributed by atoms with E-state index in [1.807, 2.05) is 13.8 Å². The van der Waals surface area contributed by atoms with E-state index in [0.717, 1.165) is 18.7 Å². The Labute approximate surface area is 168 Å². The number of benzene rings is 1. The van der Waals surface area contributed by atoms with E-state index in [4.69, 9.17) is 4.74 Å². The van der Waals surface area contributed by atoms with E-state index in [1.54, 1.807) is 38.4 Å². The predicted octanol–water partition coefficient (Wildman–Crippen LogP) is 1.52. The first-order valence-corrected chi connectivity index (χ1v) is 10.3. The molecule has 1 saturated heterocycles. The Morgan fingerprint density at radius 2 is 1.81 bits per heavy atom. The van der Waals surface area contributed by atoms with E-state index < -0.39 is 15.6 Å². The van der Waals surface area contributed by atoms with E-state index >= 15 is 0 Å². The Morgan fingerprint density at radius 1 is 1.26 bits per heavy atom. The number of halogens is 1. The van der Waals surface area contributed by atoms with Gasteiger partial charge in [-0.1, -0.05) is 12.1 Å². The van der Waals surface area contributed by atoms with Gasteiger partial charge in [0.05, 0.1) is 4.90 Å². The minimum Gasteiger partial charge on any atom is -0.368 e. The first-order chi connectivity index (χ1) is 12.2. The maximum Gasteiger partial charge on any atom is 0.252 e. The molecule has 0 aliphatic carbocycles. The smallest absolute Gasteiger partial charge is 0.252 e. The fraction of sp³-hybridized carbons (Fsp3) is 0.611. The van der Waals surface area contributed by atoms with Crippen LogP contribution in [0.3, 0.4) is 0 Å². The molecule has 9 heteroatoms. The SMILES string of the molecule is COC1(C(=O)NCc2ccc(S(=O)(=O)N(C)C(C)C)cc2)CCNCC1.Cl. The van der Waals surface area contributed by atoms with Crippen LogP contribution in [0.5, 0.6) is 0 Å². The van der Waals surface area contributed by atoms with Crippen LogP contribution >= 0.6 is 12.4 Å². The molecule has 2 rings (SSSR count). The summed E-state index contributed by atoms with van der Waals surface area (Å²) >= 11 is 0. The molecule has 1 heterocycles. The maximum absolute atomic E-state index is 12.5. The van der Waals surface area contributed by atoms with Crippen molar-refractivity contribution in [3.05, 3.63) is 29.8 Å². The third-order valence-corrected chi connectivity index (χ3v) is 7.04. The van der Waals surface area contributed by atoms with Crippen LogP contribution in [0.25, 0.3) is 0 Å². The van der Waals surface area contributed by atoms with Crippen molar-refractivity contribution in [2.24, 2.45) is 0 Å². The molecule has 0 bridgehead atoms. The first kappa shape index (κ1) is 23.8. The van der Waals surface area contributed by atoms with Gasteiger partial charge in [-0.2, -0.15) is 4.31 Å². The number of carbonyl (C=O) groups is 1. The van der Waals surface area contributed by atoms with Crippen LogP contribution < -0.4 is 10.6 Å². The summed E-state index contributed by atoms with van der Waals surface area (Å²) in [5.41, 5.74) is 0.0544. The number of methoxy groups -OCH3 is 1. The fourth-order valence-electron chi connectivity index (χ4n) is 2.92. The number of nitrogens with zero attached hydrogens (tertiary/aromatic N) is 1. The Balaban J connectivity index is 0.00000364. The second-order valence-electron chi connectivity index (χ2n) is 6.89. The molecule has 1 aromatic rings. The molecule has 7 nitrogen and oxygen atoms in total. The molecule has 2 N–H and O–H groups in total. The molecule has 1 aromatic carbocycles. The molecule has 0 atom stereocenters. The standard InChI is InChI=1S/C18H29N3O4S.ClH/c1-14(2)21(3)26(23,24)16-7-5-15(6-8-16)13-20-17(22)18(25-4)9-11-19-12-10-18;/h5-8,14,19H,9-13H2,1-4H3,(H,20,22);1H. The monoisotopic (exact) mass is 419 g/mol. The zero-order chi connectivity index (χ0) is 19.4. The zero-order valence-electron chi connectivity index (χ0n) is 16.3. The molecule has 1 aliphatic rings. The van der Waals surface area contributed by atoms with Crippen LogP contribution in [0.1, 0.15) is 32.3 Å². The van der Waals surface area contributed by atoms with Crippen LogP contribution in [-0.4, -0.2) is 57.5 Å². The topological polar surface area (TPSA) is 87.7 Å². The zero-order valence-corrected chi connectivity index (χ0v) is 18.0. The molecule has 1 amide bonds. The highest BCUT2D eigenvalue weighted by Crippen LogP contribution is 2.23. The average molecular weight is 420 g/mol. The van der Waals surface area contributed by atoms with Crippen LogP contribution in [0.2, 0.25) is 0 Å². The lowest BCUT2D eigenvalue weighted by Crippen LogP contribution is -2.53. The second kappa shape index (κ2) is 9.84. The number of hydrogen-bond acceptors (Lipinski definition) is 5. The van der Waals surface area contributed by atoms with E-state index in [1.165, 1.54) is 4.31 Å². The average Bonchev–Trinajstić information content (AvgIpc) is 2.66. The number of sulfonamides is 1. The minimum atomic E-state index is -3.50. The lowest BCUT2D eigenvalue weighted by atomic mass is 9.91. The van der Waals surface area contributed by atoms with Crippen molar-refractivity contribution in [3.63, 3.8) is 0 Å². The van der Waals surface area contributed by atoms with Crippen molar-refractivity contribution in [2.45, 2.75) is 49.8 Å². The molecular formula is C18H30ClN3O4S. The van der Waals surface area contributed by atoms with Crippen LogP contribution in [0.15, 0.2) is 29.2 Å². The highest BCUT2D eigenvalue weighted by atomic mass is 35.5. The molecule has 27 heavy (non-hydrogen) atoms. The Morgan fingerprint density at radius 3 is 2.30 bits per heavy atom. The number of carbonyl (C=O) groups excluding carboxylic acids is 1. The van der Waals surface area contributed by atoms with Crippen molar-refractivity contribution in [1.29, 1.82) is 0 Å². The third kappa shape index (κ3) is 5.42. The van der Waals surface area contributed by atoms with Gasteiger partial charge in [0.2, 0.25) is 10.0 Å². The van der Waals surface area contributed by atoms with Gasteiger partial charge in [-0.15, -0.1) is 12.4 Å². The molecule has 0 saturated carbocycles. The number of nitrogens with one attached hydrogen (secondary N) is 2. The Kier molecular flexibility index (Phi) is 8.69. The van der Waals surface area contributed by atoms with Crippen molar-refractivity contribution in [3.8, 4) is 0 Å². The maximum atomic E-state index is 12.5. The number of rotatable bonds is 7. The fourth-order valence-corrected chi connectivity index (χ4v) is 4.29. The molecule has 0 aromatic heterocycles. The largest absolute Gasteiger partial charge is 0.368 e. The van der Waals surface area contributed by atoms with E-state index in [-0.39, 0.29) is 29.3 Å². The summed E-state index contributed by atoms with van der Waals surface area (Å²) in [4.78, 5) is 12.8. The first-order valence-electron chi connectivity index (χ1n) is 8.84. The van der Waals surface area contributed by atoms with Gasteiger partial charge < -0.3 is 15.4 Å². The number of amides is 1. The second-order valence-corrected chi connectivity index (χ2v) is 8.89. The molecular weight excluding hydrogens is 390 g/mol. The van der Waals surface area contributed by atoms with Gasteiger partial charge in [0, 0.05) is 26.7 Å². The van der Waals surface area contributed by atoms with E-state index in [2.05, 4.69) is 10.6 Å². The number of hydrogen-bond donors (Lipinski definition) is 2. The van der Waals surface area contributed by atoms with Crippen molar-refractivity contribution >= 4 is 28.3 Å². The van der Waals surface area contributed by atoms with Gasteiger partial charge in [-0.3, -0.25) is 4.79 Å². The van der Waals surface area contributed by atoms with Crippen molar-refractivity contribution < 1.29 is 17.9 Å². The normalized spacial score (nSPS) is 16.8. The molecule has 0 radical (unpaired) electrons. The summed E-state index contributed by atoms with van der Waals surface area (Å²) < 4.78 is 31.8. The predicted molar refractivity (Wildman–Crippen MR) is 107 cm³/mol. The van der Waals surface area contributed by atoms with Gasteiger partial charge in [0.1, 0.15) is 5.60 Å². The Hall–Kier alpha value is -1.19. The van der Waals surface area contributed by atoms with Crippen molar-refractivity contribution in [1.82, 2.24) is 14.9 Å². The van der Waals surface area contributed by atoms with Crippen LogP contribution in [0, 0.1) is 0 Å². The van der Waals surface area contributed by atoms with Gasteiger partial charge in [0.15, 0.2) is 0 Å². The van der Waals surface area contributed by atoms with Gasteiger partial charge in [-0.05, 0) is 57.5 Å². The quantitative estimate of drug-likeness (QED) is 0.699. The minimum absolute atomic E-state index is 0. The summed E-state index contributed by atoms with van der Waals surface area (Å²) in [6, 6.07) is 6.49. The molecule has 0 unspecified atom stereocenters. The lowest BCUT2D eigenvalue weighted by molar-refractivity contribution is -0.146. The molecule has 1 fully saturated rings. The Bertz CT molecular complexity index is 717. The van der Waals surface area contributed by atoms with E-state index in [0.29, 0.717) is 19.4 Å². The summed E-state index contributed by atoms with van der Waals surface area (Å²) in [5, 5.41) is 6.13. The van der Waals surface area contributed by atoms with Gasteiger partial charge in [0.25, 0.3) is 5.91 Å². The number of piperidine rings is 1. The molecule has 154 valence electrons. The molecule has 0 spiro atoms. The van der Waals surface area contributed by atoms with E-state index in [9.17, 15) is 13.2 Å². The summed E-state index contributed by atoms with van der Waals surface area (Å²) in [6.07, 6.45) is 1.27. The highest BCUT2D eigenvalue weighted by Gasteiger charge is 2.39. The summed E-state index contributed by atoms with van der Waals surface area (Å²) in [7, 11) is -0.366. The van der Waals surface area contributed by atoms with Crippen molar-refractivity contribution in [2.75, 3.05) is 27.2 Å². The number of ether oxygens (including phenoxy) is 1. The van der Waals surface area contributed by atoms with Crippen LogP contribution in [-0.2, 0) is 26.1 Å². The summed E-state index contributed by atoms with van der Waals surface area (Å²) in [5.74, 6) is -0.127.